The van der Waals surface area contributed by atoms with Gasteiger partial charge in [0.25, 0.3) is 0 Å². The molecule has 0 radical (unpaired) electrons. The third kappa shape index (κ3) is 1.44. The first-order valence-electron chi connectivity index (χ1n) is 5.66. The zero-order chi connectivity index (χ0) is 11.0. The maximum absolute atomic E-state index is 9.87. The van der Waals surface area contributed by atoms with Gasteiger partial charge in [-0.2, -0.15) is 5.10 Å². The Kier molecular flexibility index (Phi) is 2.26. The molecular formula is C13H14N2O. The summed E-state index contributed by atoms with van der Waals surface area (Å²) in [5.74, 6) is 0. The van der Waals surface area contributed by atoms with Crippen molar-refractivity contribution in [3.8, 4) is 5.69 Å². The second-order valence-corrected chi connectivity index (χ2v) is 4.20. The first-order valence-corrected chi connectivity index (χ1v) is 5.66. The molecule has 1 atom stereocenters. The van der Waals surface area contributed by atoms with Crippen molar-refractivity contribution in [2.45, 2.75) is 25.4 Å². The zero-order valence-corrected chi connectivity index (χ0v) is 9.00. The standard InChI is InChI=1S/C13H14N2O/c16-13-8-4-7-12-11(13)9-14-15(12)10-5-2-1-3-6-10/h1-3,5-6,9,13,16H,4,7-8H2. The van der Waals surface area contributed by atoms with E-state index < -0.39 is 0 Å². The van der Waals surface area contributed by atoms with E-state index in [-0.39, 0.29) is 6.10 Å². The summed E-state index contributed by atoms with van der Waals surface area (Å²) < 4.78 is 1.94. The lowest BCUT2D eigenvalue weighted by atomic mass is 9.95. The molecule has 0 bridgehead atoms. The summed E-state index contributed by atoms with van der Waals surface area (Å²) in [4.78, 5) is 0. The molecule has 2 aromatic rings. The van der Waals surface area contributed by atoms with E-state index in [1.807, 2.05) is 35.0 Å². The topological polar surface area (TPSA) is 38.1 Å². The van der Waals surface area contributed by atoms with Crippen LogP contribution < -0.4 is 0 Å². The monoisotopic (exact) mass is 214 g/mol. The minimum absolute atomic E-state index is 0.332. The molecule has 0 saturated carbocycles. The second kappa shape index (κ2) is 3.76. The second-order valence-electron chi connectivity index (χ2n) is 4.20. The van der Waals surface area contributed by atoms with Gasteiger partial charge in [0.15, 0.2) is 0 Å². The van der Waals surface area contributed by atoms with Crippen molar-refractivity contribution in [1.29, 1.82) is 0 Å². The molecule has 1 heterocycles. The molecule has 0 aliphatic heterocycles. The van der Waals surface area contributed by atoms with Gasteiger partial charge in [-0.25, -0.2) is 4.68 Å². The lowest BCUT2D eigenvalue weighted by Crippen LogP contribution is -2.11. The van der Waals surface area contributed by atoms with Crippen LogP contribution in [0.4, 0.5) is 0 Å². The van der Waals surface area contributed by atoms with E-state index in [2.05, 4.69) is 5.10 Å². The van der Waals surface area contributed by atoms with Crippen molar-refractivity contribution in [2.24, 2.45) is 0 Å². The average molecular weight is 214 g/mol. The molecule has 1 aromatic carbocycles. The Balaban J connectivity index is 2.10. The fourth-order valence-electron chi connectivity index (χ4n) is 2.33. The van der Waals surface area contributed by atoms with E-state index in [9.17, 15) is 5.11 Å². The molecular weight excluding hydrogens is 200 g/mol. The van der Waals surface area contributed by atoms with Crippen molar-refractivity contribution in [1.82, 2.24) is 9.78 Å². The number of hydrogen-bond acceptors (Lipinski definition) is 2. The van der Waals surface area contributed by atoms with Gasteiger partial charge in [0.05, 0.1) is 23.7 Å². The molecule has 3 heteroatoms. The van der Waals surface area contributed by atoms with Gasteiger partial charge in [0.2, 0.25) is 0 Å². The number of benzene rings is 1. The molecule has 1 aliphatic rings. The van der Waals surface area contributed by atoms with Crippen LogP contribution in [0.1, 0.15) is 30.2 Å². The largest absolute Gasteiger partial charge is 0.388 e. The number of para-hydroxylation sites is 1. The Hall–Kier alpha value is -1.61. The fraction of sp³-hybridized carbons (Fsp3) is 0.308. The summed E-state index contributed by atoms with van der Waals surface area (Å²) in [5.41, 5.74) is 3.22. The van der Waals surface area contributed by atoms with Crippen LogP contribution in [0.5, 0.6) is 0 Å². The Labute approximate surface area is 94.3 Å². The highest BCUT2D eigenvalue weighted by Gasteiger charge is 2.22. The van der Waals surface area contributed by atoms with E-state index >= 15 is 0 Å². The van der Waals surface area contributed by atoms with Crippen LogP contribution in [0.15, 0.2) is 36.5 Å². The first-order chi connectivity index (χ1) is 7.86. The van der Waals surface area contributed by atoms with Crippen molar-refractivity contribution in [2.75, 3.05) is 0 Å². The zero-order valence-electron chi connectivity index (χ0n) is 9.00. The number of fused-ring (bicyclic) bond motifs is 1. The summed E-state index contributed by atoms with van der Waals surface area (Å²) in [6.45, 7) is 0. The molecule has 1 N–H and O–H groups in total. The average Bonchev–Trinajstić information content (AvgIpc) is 2.75. The Bertz CT molecular complexity index is 490. The quantitative estimate of drug-likeness (QED) is 0.790. The van der Waals surface area contributed by atoms with Gasteiger partial charge < -0.3 is 5.11 Å². The minimum atomic E-state index is -0.332. The van der Waals surface area contributed by atoms with Crippen LogP contribution in [0.3, 0.4) is 0 Å². The van der Waals surface area contributed by atoms with Gasteiger partial charge in [-0.15, -0.1) is 0 Å². The van der Waals surface area contributed by atoms with Gasteiger partial charge >= 0.3 is 0 Å². The molecule has 0 spiro atoms. The van der Waals surface area contributed by atoms with Gasteiger partial charge in [-0.1, -0.05) is 18.2 Å². The molecule has 82 valence electrons. The summed E-state index contributed by atoms with van der Waals surface area (Å²) in [7, 11) is 0. The van der Waals surface area contributed by atoms with Gasteiger partial charge in [-0.3, -0.25) is 0 Å². The number of hydrogen-bond donors (Lipinski definition) is 1. The van der Waals surface area contributed by atoms with Crippen LogP contribution in [-0.4, -0.2) is 14.9 Å². The minimum Gasteiger partial charge on any atom is -0.388 e. The number of aromatic nitrogens is 2. The summed E-state index contributed by atoms with van der Waals surface area (Å²) in [5, 5.41) is 14.2. The summed E-state index contributed by atoms with van der Waals surface area (Å²) in [6, 6.07) is 10.1. The van der Waals surface area contributed by atoms with Crippen LogP contribution >= 0.6 is 0 Å². The van der Waals surface area contributed by atoms with E-state index in [0.29, 0.717) is 0 Å². The smallest absolute Gasteiger partial charge is 0.0823 e. The molecule has 1 aliphatic carbocycles. The van der Waals surface area contributed by atoms with Crippen LogP contribution in [0, 0.1) is 0 Å². The van der Waals surface area contributed by atoms with Crippen LogP contribution in [0.25, 0.3) is 5.69 Å². The normalized spacial score (nSPS) is 19.4. The van der Waals surface area contributed by atoms with Crippen LogP contribution in [0.2, 0.25) is 0 Å². The molecule has 1 unspecified atom stereocenters. The van der Waals surface area contributed by atoms with Crippen molar-refractivity contribution >= 4 is 0 Å². The predicted molar refractivity (Wildman–Crippen MR) is 61.5 cm³/mol. The lowest BCUT2D eigenvalue weighted by molar-refractivity contribution is 0.156. The summed E-state index contributed by atoms with van der Waals surface area (Å²) in [6.07, 6.45) is 4.36. The number of aliphatic hydroxyl groups excluding tert-OH is 1. The number of nitrogens with zero attached hydrogens (tertiary/aromatic N) is 2. The van der Waals surface area contributed by atoms with E-state index in [4.69, 9.17) is 0 Å². The molecule has 3 rings (SSSR count). The van der Waals surface area contributed by atoms with E-state index in [0.717, 1.165) is 36.2 Å². The molecule has 0 fully saturated rings. The molecule has 1 aromatic heterocycles. The van der Waals surface area contributed by atoms with E-state index in [1.165, 1.54) is 0 Å². The molecule has 16 heavy (non-hydrogen) atoms. The maximum Gasteiger partial charge on any atom is 0.0823 e. The molecule has 0 saturated heterocycles. The highest BCUT2D eigenvalue weighted by molar-refractivity contribution is 5.36. The third-order valence-electron chi connectivity index (χ3n) is 3.15. The highest BCUT2D eigenvalue weighted by Crippen LogP contribution is 2.30. The van der Waals surface area contributed by atoms with Gasteiger partial charge in [0, 0.05) is 5.56 Å². The third-order valence-corrected chi connectivity index (χ3v) is 3.15. The van der Waals surface area contributed by atoms with E-state index in [1.54, 1.807) is 6.20 Å². The number of aliphatic hydroxyl groups is 1. The first kappa shape index (κ1) is 9.60. The SMILES string of the molecule is OC1CCCc2c1cnn2-c1ccccc1. The highest BCUT2D eigenvalue weighted by atomic mass is 16.3. The van der Waals surface area contributed by atoms with Crippen LogP contribution in [-0.2, 0) is 6.42 Å². The Morgan fingerprint density at radius 3 is 2.88 bits per heavy atom. The fourth-order valence-corrected chi connectivity index (χ4v) is 2.33. The molecule has 0 amide bonds. The summed E-state index contributed by atoms with van der Waals surface area (Å²) >= 11 is 0. The maximum atomic E-state index is 9.87. The van der Waals surface area contributed by atoms with Crippen molar-refractivity contribution in [3.05, 3.63) is 47.8 Å². The van der Waals surface area contributed by atoms with Crippen molar-refractivity contribution in [3.63, 3.8) is 0 Å². The Morgan fingerprint density at radius 2 is 2.06 bits per heavy atom. The Morgan fingerprint density at radius 1 is 1.25 bits per heavy atom. The van der Waals surface area contributed by atoms with Gasteiger partial charge in [0.1, 0.15) is 0 Å². The predicted octanol–water partition coefficient (Wildman–Crippen LogP) is 2.24. The number of rotatable bonds is 1. The molecule has 3 nitrogen and oxygen atoms in total. The lowest BCUT2D eigenvalue weighted by Gasteiger charge is -2.18. The van der Waals surface area contributed by atoms with Crippen molar-refractivity contribution < 1.29 is 5.11 Å². The van der Waals surface area contributed by atoms with Gasteiger partial charge in [-0.05, 0) is 31.4 Å².